The molecule has 0 aliphatic rings. The molecule has 1 atom stereocenters. The van der Waals surface area contributed by atoms with Gasteiger partial charge in [0.1, 0.15) is 0 Å². The third-order valence-corrected chi connectivity index (χ3v) is 2.65. The number of hydrogen-bond acceptors (Lipinski definition) is 3. The summed E-state index contributed by atoms with van der Waals surface area (Å²) in [5.74, 6) is -0.359. The van der Waals surface area contributed by atoms with Crippen molar-refractivity contribution < 1.29 is 14.6 Å². The smallest absolute Gasteiger partial charge is 0.308 e. The van der Waals surface area contributed by atoms with E-state index in [1.54, 1.807) is 0 Å². The second-order valence-electron chi connectivity index (χ2n) is 4.18. The number of carbonyl (C=O) groups is 1. The Morgan fingerprint density at radius 3 is 2.78 bits per heavy atom. The minimum atomic E-state index is -0.595. The zero-order valence-electron chi connectivity index (χ0n) is 10.7. The van der Waals surface area contributed by atoms with Crippen LogP contribution in [0.3, 0.4) is 0 Å². The van der Waals surface area contributed by atoms with Crippen molar-refractivity contribution in [2.24, 2.45) is 0 Å². The first-order valence-electron chi connectivity index (χ1n) is 6.19. The van der Waals surface area contributed by atoms with Gasteiger partial charge in [-0.1, -0.05) is 42.5 Å². The van der Waals surface area contributed by atoms with E-state index in [-0.39, 0.29) is 12.4 Å². The fourth-order valence-electron chi connectivity index (χ4n) is 1.63. The normalized spacial score (nSPS) is 12.6. The van der Waals surface area contributed by atoms with Crippen LogP contribution in [-0.4, -0.2) is 24.3 Å². The quantitative estimate of drug-likeness (QED) is 0.596. The number of rotatable bonds is 7. The van der Waals surface area contributed by atoms with Crippen LogP contribution in [0.5, 0.6) is 0 Å². The minimum Gasteiger partial charge on any atom is -0.469 e. The molecule has 18 heavy (non-hydrogen) atoms. The van der Waals surface area contributed by atoms with E-state index in [1.807, 2.05) is 30.3 Å². The van der Waals surface area contributed by atoms with Crippen LogP contribution in [-0.2, 0) is 9.53 Å². The Bertz CT molecular complexity index is 371. The molecule has 3 nitrogen and oxygen atoms in total. The highest BCUT2D eigenvalue weighted by atomic mass is 16.5. The molecule has 0 aromatic heterocycles. The van der Waals surface area contributed by atoms with Crippen molar-refractivity contribution in [1.82, 2.24) is 0 Å². The largest absolute Gasteiger partial charge is 0.469 e. The molecule has 0 aliphatic heterocycles. The molecule has 3 heteroatoms. The third-order valence-electron chi connectivity index (χ3n) is 2.65. The van der Waals surface area contributed by atoms with Gasteiger partial charge in [-0.05, 0) is 24.8 Å². The summed E-state index contributed by atoms with van der Waals surface area (Å²) in [6.45, 7) is 0. The molecular weight excluding hydrogens is 228 g/mol. The van der Waals surface area contributed by atoms with Crippen molar-refractivity contribution >= 4 is 12.0 Å². The number of aliphatic hydroxyl groups is 1. The molecule has 0 bridgehead atoms. The number of unbranched alkanes of at least 4 members (excludes halogenated alkanes) is 1. The monoisotopic (exact) mass is 248 g/mol. The lowest BCUT2D eigenvalue weighted by molar-refractivity contribution is -0.142. The highest BCUT2D eigenvalue weighted by Crippen LogP contribution is 2.08. The van der Waals surface area contributed by atoms with E-state index in [1.165, 1.54) is 12.7 Å². The van der Waals surface area contributed by atoms with E-state index in [9.17, 15) is 9.90 Å². The maximum absolute atomic E-state index is 10.9. The van der Waals surface area contributed by atoms with E-state index >= 15 is 0 Å². The molecule has 98 valence electrons. The predicted octanol–water partition coefficient (Wildman–Crippen LogP) is 2.79. The average molecular weight is 248 g/mol. The van der Waals surface area contributed by atoms with Gasteiger partial charge >= 0.3 is 5.97 Å². The van der Waals surface area contributed by atoms with E-state index in [2.05, 4.69) is 16.9 Å². The van der Waals surface area contributed by atoms with Crippen LogP contribution in [0.25, 0.3) is 6.08 Å². The maximum atomic E-state index is 10.9. The van der Waals surface area contributed by atoms with Crippen LogP contribution < -0.4 is 0 Å². The van der Waals surface area contributed by atoms with Crippen molar-refractivity contribution in [2.75, 3.05) is 7.11 Å². The number of aliphatic hydroxyl groups excluding tert-OH is 1. The highest BCUT2D eigenvalue weighted by Gasteiger charge is 2.09. The number of carbonyl (C=O) groups excluding carboxylic acids is 1. The Hall–Kier alpha value is -1.61. The summed E-state index contributed by atoms with van der Waals surface area (Å²) >= 11 is 0. The van der Waals surface area contributed by atoms with E-state index < -0.39 is 6.10 Å². The second kappa shape index (κ2) is 8.48. The Kier molecular flexibility index (Phi) is 6.81. The molecule has 0 aliphatic carbocycles. The lowest BCUT2D eigenvalue weighted by Gasteiger charge is -2.07. The molecule has 1 N–H and O–H groups in total. The van der Waals surface area contributed by atoms with E-state index in [4.69, 9.17) is 0 Å². The molecule has 0 spiro atoms. The maximum Gasteiger partial charge on any atom is 0.308 e. The first-order chi connectivity index (χ1) is 8.72. The van der Waals surface area contributed by atoms with Crippen LogP contribution in [0.1, 0.15) is 31.2 Å². The predicted molar refractivity (Wildman–Crippen MR) is 72.0 cm³/mol. The first kappa shape index (κ1) is 14.5. The molecule has 1 aromatic carbocycles. The number of ether oxygens (including phenoxy) is 1. The van der Waals surface area contributed by atoms with Gasteiger partial charge in [-0.25, -0.2) is 0 Å². The zero-order chi connectivity index (χ0) is 13.2. The van der Waals surface area contributed by atoms with Gasteiger partial charge in [-0.2, -0.15) is 0 Å². The van der Waals surface area contributed by atoms with Gasteiger partial charge in [0.25, 0.3) is 0 Å². The number of methoxy groups -OCH3 is 1. The Morgan fingerprint density at radius 1 is 1.39 bits per heavy atom. The van der Waals surface area contributed by atoms with Crippen molar-refractivity contribution in [3.63, 3.8) is 0 Å². The molecule has 1 aromatic rings. The fraction of sp³-hybridized carbons (Fsp3) is 0.400. The topological polar surface area (TPSA) is 46.5 Å². The van der Waals surface area contributed by atoms with Gasteiger partial charge in [0.2, 0.25) is 0 Å². The van der Waals surface area contributed by atoms with Gasteiger partial charge in [0.05, 0.1) is 19.6 Å². The SMILES string of the molecule is COC(=O)CC(O)CCC/C=C/c1ccccc1. The van der Waals surface area contributed by atoms with Crippen LogP contribution in [0.4, 0.5) is 0 Å². The summed E-state index contributed by atoms with van der Waals surface area (Å²) in [5.41, 5.74) is 1.17. The molecule has 0 fully saturated rings. The third kappa shape index (κ3) is 6.21. The van der Waals surface area contributed by atoms with Crippen molar-refractivity contribution in [2.45, 2.75) is 31.8 Å². The van der Waals surface area contributed by atoms with Crippen LogP contribution in [0.2, 0.25) is 0 Å². The van der Waals surface area contributed by atoms with Crippen LogP contribution >= 0.6 is 0 Å². The van der Waals surface area contributed by atoms with E-state index in [0.29, 0.717) is 6.42 Å². The van der Waals surface area contributed by atoms with Gasteiger partial charge in [-0.15, -0.1) is 0 Å². The highest BCUT2D eigenvalue weighted by molar-refractivity contribution is 5.69. The number of hydrogen-bond donors (Lipinski definition) is 1. The molecule has 0 saturated carbocycles. The standard InChI is InChI=1S/C15H20O3/c1-18-15(17)12-14(16)11-7-3-6-10-13-8-4-2-5-9-13/h2,4-6,8-10,14,16H,3,7,11-12H2,1H3/b10-6+. The summed E-state index contributed by atoms with van der Waals surface area (Å²) in [6.07, 6.45) is 6.01. The van der Waals surface area contributed by atoms with Crippen molar-refractivity contribution in [1.29, 1.82) is 0 Å². The zero-order valence-corrected chi connectivity index (χ0v) is 10.7. The Morgan fingerprint density at radius 2 is 2.11 bits per heavy atom. The number of allylic oxidation sites excluding steroid dienone is 1. The second-order valence-corrected chi connectivity index (χ2v) is 4.18. The van der Waals surface area contributed by atoms with Crippen molar-refractivity contribution in [3.05, 3.63) is 42.0 Å². The molecule has 0 saturated heterocycles. The Balaban J connectivity index is 2.15. The molecule has 1 unspecified atom stereocenters. The summed E-state index contributed by atoms with van der Waals surface area (Å²) in [5, 5.41) is 9.54. The minimum absolute atomic E-state index is 0.0822. The molecular formula is C15H20O3. The Labute approximate surface area is 108 Å². The summed E-state index contributed by atoms with van der Waals surface area (Å²) in [4.78, 5) is 10.9. The van der Waals surface area contributed by atoms with Crippen LogP contribution in [0, 0.1) is 0 Å². The molecule has 0 radical (unpaired) electrons. The lowest BCUT2D eigenvalue weighted by atomic mass is 10.1. The van der Waals surface area contributed by atoms with Crippen molar-refractivity contribution in [3.8, 4) is 0 Å². The lowest BCUT2D eigenvalue weighted by Crippen LogP contribution is -2.14. The molecule has 1 rings (SSSR count). The van der Waals surface area contributed by atoms with Gasteiger partial charge in [0, 0.05) is 0 Å². The number of esters is 1. The first-order valence-corrected chi connectivity index (χ1v) is 6.19. The van der Waals surface area contributed by atoms with Gasteiger partial charge in [-0.3, -0.25) is 4.79 Å². The number of benzene rings is 1. The summed E-state index contributed by atoms with van der Waals surface area (Å²) in [6, 6.07) is 10.1. The fourth-order valence-corrected chi connectivity index (χ4v) is 1.63. The summed E-state index contributed by atoms with van der Waals surface area (Å²) in [7, 11) is 1.33. The van der Waals surface area contributed by atoms with Gasteiger partial charge in [0.15, 0.2) is 0 Å². The molecule has 0 heterocycles. The summed E-state index contributed by atoms with van der Waals surface area (Å²) < 4.78 is 4.49. The van der Waals surface area contributed by atoms with E-state index in [0.717, 1.165) is 12.8 Å². The average Bonchev–Trinajstić information content (AvgIpc) is 2.39. The molecule has 0 amide bonds. The van der Waals surface area contributed by atoms with Gasteiger partial charge < -0.3 is 9.84 Å². The van der Waals surface area contributed by atoms with Crippen LogP contribution in [0.15, 0.2) is 36.4 Å².